The van der Waals surface area contributed by atoms with Crippen LogP contribution in [0.3, 0.4) is 0 Å². The molecule has 3 heterocycles. The minimum atomic E-state index is 0.705. The number of pyridine rings is 1. The first-order chi connectivity index (χ1) is 10.8. The Bertz CT molecular complexity index is 640. The molecule has 0 aliphatic carbocycles. The first-order valence-electron chi connectivity index (χ1n) is 8.21. The standard InChI is InChI=1S/C19H23N3/c1-15-5-4-6-16(9-15)11-21-13-19-10-18(21)14-22(19)12-17-7-2-3-8-20-17/h2-9,18-19H,10-14H2,1H3. The molecule has 2 saturated heterocycles. The molecule has 0 spiro atoms. The summed E-state index contributed by atoms with van der Waals surface area (Å²) in [5.41, 5.74) is 4.00. The Balaban J connectivity index is 1.38. The molecule has 2 atom stereocenters. The molecule has 3 nitrogen and oxygen atoms in total. The number of fused-ring (bicyclic) bond motifs is 2. The van der Waals surface area contributed by atoms with E-state index in [-0.39, 0.29) is 0 Å². The van der Waals surface area contributed by atoms with Gasteiger partial charge in [0.2, 0.25) is 0 Å². The van der Waals surface area contributed by atoms with Gasteiger partial charge in [0, 0.05) is 44.5 Å². The number of likely N-dealkylation sites (tertiary alicyclic amines) is 2. The Hall–Kier alpha value is -1.71. The van der Waals surface area contributed by atoms with E-state index in [2.05, 4.69) is 58.1 Å². The van der Waals surface area contributed by atoms with E-state index >= 15 is 0 Å². The highest BCUT2D eigenvalue weighted by atomic mass is 15.3. The summed E-state index contributed by atoms with van der Waals surface area (Å²) in [5.74, 6) is 0. The van der Waals surface area contributed by atoms with Crippen molar-refractivity contribution in [1.82, 2.24) is 14.8 Å². The van der Waals surface area contributed by atoms with Gasteiger partial charge in [-0.2, -0.15) is 0 Å². The predicted octanol–water partition coefficient (Wildman–Crippen LogP) is 2.85. The molecule has 3 heteroatoms. The van der Waals surface area contributed by atoms with E-state index in [0.29, 0.717) is 12.1 Å². The Morgan fingerprint density at radius 3 is 2.50 bits per heavy atom. The topological polar surface area (TPSA) is 19.4 Å². The van der Waals surface area contributed by atoms with E-state index in [1.54, 1.807) is 0 Å². The molecule has 2 fully saturated rings. The van der Waals surface area contributed by atoms with Crippen molar-refractivity contribution < 1.29 is 0 Å². The van der Waals surface area contributed by atoms with Crippen LogP contribution in [-0.2, 0) is 13.1 Å². The largest absolute Gasteiger partial charge is 0.293 e. The number of aromatic nitrogens is 1. The third-order valence-corrected chi connectivity index (χ3v) is 5.03. The van der Waals surface area contributed by atoms with Crippen molar-refractivity contribution >= 4 is 0 Å². The summed E-state index contributed by atoms with van der Waals surface area (Å²) in [4.78, 5) is 9.74. The van der Waals surface area contributed by atoms with Gasteiger partial charge in [-0.05, 0) is 31.0 Å². The van der Waals surface area contributed by atoms with Crippen LogP contribution in [0.4, 0.5) is 0 Å². The van der Waals surface area contributed by atoms with Gasteiger partial charge in [-0.25, -0.2) is 0 Å². The number of hydrogen-bond acceptors (Lipinski definition) is 3. The Morgan fingerprint density at radius 1 is 1.00 bits per heavy atom. The average molecular weight is 293 g/mol. The van der Waals surface area contributed by atoms with Crippen LogP contribution in [0, 0.1) is 6.92 Å². The molecule has 4 rings (SSSR count). The number of nitrogens with zero attached hydrogens (tertiary/aromatic N) is 3. The molecule has 0 N–H and O–H groups in total. The lowest BCUT2D eigenvalue weighted by Crippen LogP contribution is -2.45. The molecule has 2 aromatic rings. The van der Waals surface area contributed by atoms with Crippen LogP contribution in [-0.4, -0.2) is 40.0 Å². The zero-order valence-electron chi connectivity index (χ0n) is 13.2. The molecule has 0 saturated carbocycles. The van der Waals surface area contributed by atoms with Crippen molar-refractivity contribution in [3.05, 3.63) is 65.5 Å². The van der Waals surface area contributed by atoms with E-state index in [0.717, 1.165) is 13.1 Å². The summed E-state index contributed by atoms with van der Waals surface area (Å²) >= 11 is 0. The molecule has 0 radical (unpaired) electrons. The number of piperazine rings is 1. The van der Waals surface area contributed by atoms with Crippen molar-refractivity contribution in [2.24, 2.45) is 0 Å². The van der Waals surface area contributed by atoms with Crippen LogP contribution < -0.4 is 0 Å². The first kappa shape index (κ1) is 13.9. The molecule has 0 amide bonds. The smallest absolute Gasteiger partial charge is 0.0544 e. The fourth-order valence-corrected chi connectivity index (χ4v) is 3.96. The second-order valence-electron chi connectivity index (χ2n) is 6.71. The number of hydrogen-bond donors (Lipinski definition) is 0. The Kier molecular flexibility index (Phi) is 3.68. The molecular weight excluding hydrogens is 270 g/mol. The quantitative estimate of drug-likeness (QED) is 0.864. The first-order valence-corrected chi connectivity index (χ1v) is 8.21. The summed E-state index contributed by atoms with van der Waals surface area (Å²) in [6, 6.07) is 16.6. The van der Waals surface area contributed by atoms with Crippen LogP contribution in [0.1, 0.15) is 23.2 Å². The summed E-state index contributed by atoms with van der Waals surface area (Å²) in [7, 11) is 0. The van der Waals surface area contributed by atoms with Gasteiger partial charge in [-0.15, -0.1) is 0 Å². The summed E-state index contributed by atoms with van der Waals surface area (Å²) in [5, 5.41) is 0. The lowest BCUT2D eigenvalue weighted by Gasteiger charge is -2.34. The minimum Gasteiger partial charge on any atom is -0.293 e. The van der Waals surface area contributed by atoms with Crippen molar-refractivity contribution in [2.45, 2.75) is 38.5 Å². The molecule has 2 aliphatic heterocycles. The van der Waals surface area contributed by atoms with Gasteiger partial charge in [-0.1, -0.05) is 35.9 Å². The predicted molar refractivity (Wildman–Crippen MR) is 88.4 cm³/mol. The summed E-state index contributed by atoms with van der Waals surface area (Å²) < 4.78 is 0. The maximum atomic E-state index is 4.47. The van der Waals surface area contributed by atoms with Crippen LogP contribution in [0.25, 0.3) is 0 Å². The molecular formula is C19H23N3. The normalized spacial score (nSPS) is 25.0. The van der Waals surface area contributed by atoms with Crippen LogP contribution >= 0.6 is 0 Å². The van der Waals surface area contributed by atoms with E-state index in [9.17, 15) is 0 Å². The van der Waals surface area contributed by atoms with Gasteiger partial charge >= 0.3 is 0 Å². The van der Waals surface area contributed by atoms with Crippen molar-refractivity contribution in [1.29, 1.82) is 0 Å². The molecule has 2 aliphatic rings. The monoisotopic (exact) mass is 293 g/mol. The molecule has 2 unspecified atom stereocenters. The third-order valence-electron chi connectivity index (χ3n) is 5.03. The van der Waals surface area contributed by atoms with Gasteiger partial charge in [0.05, 0.1) is 5.69 Å². The Labute approximate surface area is 132 Å². The molecule has 114 valence electrons. The molecule has 1 aromatic heterocycles. The average Bonchev–Trinajstić information content (AvgIpc) is 3.08. The highest BCUT2D eigenvalue weighted by Crippen LogP contribution is 2.32. The lowest BCUT2D eigenvalue weighted by molar-refractivity contribution is 0.117. The summed E-state index contributed by atoms with van der Waals surface area (Å²) in [6.45, 7) is 6.66. The maximum absolute atomic E-state index is 4.47. The van der Waals surface area contributed by atoms with Crippen LogP contribution in [0.15, 0.2) is 48.7 Å². The number of aryl methyl sites for hydroxylation is 1. The van der Waals surface area contributed by atoms with Crippen molar-refractivity contribution in [3.8, 4) is 0 Å². The fraction of sp³-hybridized carbons (Fsp3) is 0.421. The second-order valence-corrected chi connectivity index (χ2v) is 6.71. The highest BCUT2D eigenvalue weighted by Gasteiger charge is 2.42. The van der Waals surface area contributed by atoms with Gasteiger partial charge in [-0.3, -0.25) is 14.8 Å². The third kappa shape index (κ3) is 2.79. The van der Waals surface area contributed by atoms with Crippen molar-refractivity contribution in [3.63, 3.8) is 0 Å². The van der Waals surface area contributed by atoms with Gasteiger partial charge in [0.15, 0.2) is 0 Å². The van der Waals surface area contributed by atoms with Crippen LogP contribution in [0.2, 0.25) is 0 Å². The molecule has 2 bridgehead atoms. The minimum absolute atomic E-state index is 0.705. The highest BCUT2D eigenvalue weighted by molar-refractivity contribution is 5.22. The van der Waals surface area contributed by atoms with E-state index in [1.165, 1.54) is 36.3 Å². The Morgan fingerprint density at radius 2 is 1.82 bits per heavy atom. The van der Waals surface area contributed by atoms with E-state index in [4.69, 9.17) is 0 Å². The second kappa shape index (κ2) is 5.82. The van der Waals surface area contributed by atoms with Crippen molar-refractivity contribution in [2.75, 3.05) is 13.1 Å². The van der Waals surface area contributed by atoms with Gasteiger partial charge < -0.3 is 0 Å². The number of rotatable bonds is 4. The van der Waals surface area contributed by atoms with E-state index in [1.807, 2.05) is 12.3 Å². The molecule has 22 heavy (non-hydrogen) atoms. The van der Waals surface area contributed by atoms with E-state index < -0.39 is 0 Å². The zero-order valence-corrected chi connectivity index (χ0v) is 13.2. The van der Waals surface area contributed by atoms with Gasteiger partial charge in [0.25, 0.3) is 0 Å². The lowest BCUT2D eigenvalue weighted by atomic mass is 10.1. The SMILES string of the molecule is Cc1cccc(CN2CC3CC2CN3Cc2ccccn2)c1. The zero-order chi connectivity index (χ0) is 14.9. The van der Waals surface area contributed by atoms with Crippen LogP contribution in [0.5, 0.6) is 0 Å². The molecule has 1 aromatic carbocycles. The van der Waals surface area contributed by atoms with Gasteiger partial charge in [0.1, 0.15) is 0 Å². The fourth-order valence-electron chi connectivity index (χ4n) is 3.96. The maximum Gasteiger partial charge on any atom is 0.0544 e. The number of benzene rings is 1. The summed E-state index contributed by atoms with van der Waals surface area (Å²) in [6.07, 6.45) is 3.21.